The van der Waals surface area contributed by atoms with Gasteiger partial charge in [-0.2, -0.15) is 0 Å². The molecule has 0 amide bonds. The Bertz CT molecular complexity index is 828. The Morgan fingerprint density at radius 3 is 2.42 bits per heavy atom. The number of methoxy groups -OCH3 is 1. The predicted octanol–water partition coefficient (Wildman–Crippen LogP) is 3.26. The van der Waals surface area contributed by atoms with E-state index in [2.05, 4.69) is 75.9 Å². The molecule has 6 heteroatoms. The van der Waals surface area contributed by atoms with Crippen LogP contribution in [0.25, 0.3) is 0 Å². The van der Waals surface area contributed by atoms with Gasteiger partial charge in [0.1, 0.15) is 5.75 Å². The molecule has 2 aromatic carbocycles. The highest BCUT2D eigenvalue weighted by molar-refractivity contribution is 5.79. The molecule has 0 spiro atoms. The third-order valence-electron chi connectivity index (χ3n) is 5.88. The summed E-state index contributed by atoms with van der Waals surface area (Å²) in [6.45, 7) is 5.02. The van der Waals surface area contributed by atoms with Crippen LogP contribution in [0.2, 0.25) is 0 Å². The summed E-state index contributed by atoms with van der Waals surface area (Å²) in [5, 5.41) is 6.90. The van der Waals surface area contributed by atoms with Gasteiger partial charge in [-0.25, -0.2) is 0 Å². The molecule has 0 aromatic heterocycles. The van der Waals surface area contributed by atoms with Crippen LogP contribution in [0, 0.1) is 0 Å². The van der Waals surface area contributed by atoms with Gasteiger partial charge in [0, 0.05) is 26.7 Å². The Labute approximate surface area is 187 Å². The number of hydrogen-bond donors (Lipinski definition) is 2. The van der Waals surface area contributed by atoms with Crippen molar-refractivity contribution in [3.05, 3.63) is 65.2 Å². The molecule has 31 heavy (non-hydrogen) atoms. The molecule has 0 bridgehead atoms. The van der Waals surface area contributed by atoms with Gasteiger partial charge >= 0.3 is 0 Å². The molecule has 0 radical (unpaired) electrons. The lowest BCUT2D eigenvalue weighted by Gasteiger charge is -2.26. The molecule has 2 aromatic rings. The lowest BCUT2D eigenvalue weighted by molar-refractivity contribution is 0.297. The number of nitrogens with zero attached hydrogens (tertiary/aromatic N) is 3. The SMILES string of the molecule is CN=C(NCc1ccc(CN2CCCC2)cc1)NCC(c1cccc(OC)c1)N(C)C. The van der Waals surface area contributed by atoms with Gasteiger partial charge in [0.05, 0.1) is 13.2 Å². The normalized spacial score (nSPS) is 15.8. The van der Waals surface area contributed by atoms with Crippen LogP contribution in [-0.4, -0.2) is 63.6 Å². The van der Waals surface area contributed by atoms with Crippen molar-refractivity contribution in [2.24, 2.45) is 4.99 Å². The summed E-state index contributed by atoms with van der Waals surface area (Å²) in [5.41, 5.74) is 3.85. The molecule has 0 aliphatic carbocycles. The number of nitrogens with one attached hydrogen (secondary N) is 2. The van der Waals surface area contributed by atoms with E-state index in [1.54, 1.807) is 7.11 Å². The fraction of sp³-hybridized carbons (Fsp3) is 0.480. The van der Waals surface area contributed by atoms with Crippen molar-refractivity contribution in [1.82, 2.24) is 20.4 Å². The molecule has 1 heterocycles. The first-order chi connectivity index (χ1) is 15.1. The number of likely N-dealkylation sites (N-methyl/N-ethyl adjacent to an activating group) is 1. The average Bonchev–Trinajstić information content (AvgIpc) is 3.30. The number of guanidine groups is 1. The predicted molar refractivity (Wildman–Crippen MR) is 129 cm³/mol. The van der Waals surface area contributed by atoms with Gasteiger partial charge < -0.3 is 20.3 Å². The largest absolute Gasteiger partial charge is 0.497 e. The third-order valence-corrected chi connectivity index (χ3v) is 5.88. The van der Waals surface area contributed by atoms with Crippen LogP contribution in [0.4, 0.5) is 0 Å². The second kappa shape index (κ2) is 11.7. The number of hydrogen-bond acceptors (Lipinski definition) is 4. The van der Waals surface area contributed by atoms with E-state index in [1.165, 1.54) is 42.6 Å². The molecule has 1 aliphatic heterocycles. The smallest absolute Gasteiger partial charge is 0.191 e. The summed E-state index contributed by atoms with van der Waals surface area (Å²) in [5.74, 6) is 1.68. The van der Waals surface area contributed by atoms with Crippen LogP contribution in [0.15, 0.2) is 53.5 Å². The number of rotatable bonds is 9. The Kier molecular flexibility index (Phi) is 8.74. The number of aliphatic imine (C=N–C) groups is 1. The molecular weight excluding hydrogens is 386 g/mol. The minimum Gasteiger partial charge on any atom is -0.497 e. The highest BCUT2D eigenvalue weighted by Gasteiger charge is 2.15. The van der Waals surface area contributed by atoms with Gasteiger partial charge in [-0.05, 0) is 68.8 Å². The van der Waals surface area contributed by atoms with Gasteiger partial charge in [0.15, 0.2) is 5.96 Å². The van der Waals surface area contributed by atoms with Crippen LogP contribution < -0.4 is 15.4 Å². The zero-order valence-corrected chi connectivity index (χ0v) is 19.4. The first-order valence-corrected chi connectivity index (χ1v) is 11.1. The fourth-order valence-electron chi connectivity index (χ4n) is 4.01. The van der Waals surface area contributed by atoms with E-state index in [9.17, 15) is 0 Å². The highest BCUT2D eigenvalue weighted by atomic mass is 16.5. The maximum absolute atomic E-state index is 5.39. The summed E-state index contributed by atoms with van der Waals surface area (Å²) in [7, 11) is 7.69. The van der Waals surface area contributed by atoms with Crippen molar-refractivity contribution in [2.75, 3.05) is 47.9 Å². The van der Waals surface area contributed by atoms with Crippen molar-refractivity contribution in [2.45, 2.75) is 32.0 Å². The maximum Gasteiger partial charge on any atom is 0.191 e. The second-order valence-electron chi connectivity index (χ2n) is 8.36. The van der Waals surface area contributed by atoms with Crippen LogP contribution in [0.1, 0.15) is 35.6 Å². The van der Waals surface area contributed by atoms with Crippen LogP contribution in [0.5, 0.6) is 5.75 Å². The minimum absolute atomic E-state index is 0.207. The Hall–Kier alpha value is -2.57. The second-order valence-corrected chi connectivity index (χ2v) is 8.36. The summed E-state index contributed by atoms with van der Waals surface area (Å²) in [6, 6.07) is 17.4. The summed E-state index contributed by atoms with van der Waals surface area (Å²) >= 11 is 0. The average molecular weight is 424 g/mol. The van der Waals surface area contributed by atoms with E-state index in [0.29, 0.717) is 0 Å². The van der Waals surface area contributed by atoms with E-state index < -0.39 is 0 Å². The zero-order chi connectivity index (χ0) is 22.1. The molecule has 1 atom stereocenters. The number of benzene rings is 2. The molecule has 1 aliphatic rings. The van der Waals surface area contributed by atoms with Crippen LogP contribution >= 0.6 is 0 Å². The third kappa shape index (κ3) is 6.97. The molecule has 0 saturated carbocycles. The Morgan fingerprint density at radius 1 is 1.06 bits per heavy atom. The van der Waals surface area contributed by atoms with Crippen molar-refractivity contribution in [3.8, 4) is 5.75 Å². The molecule has 1 fully saturated rings. The zero-order valence-electron chi connectivity index (χ0n) is 19.4. The van der Waals surface area contributed by atoms with Crippen molar-refractivity contribution in [1.29, 1.82) is 0 Å². The van der Waals surface area contributed by atoms with Gasteiger partial charge in [0.25, 0.3) is 0 Å². The lowest BCUT2D eigenvalue weighted by Crippen LogP contribution is -2.41. The molecule has 2 N–H and O–H groups in total. The quantitative estimate of drug-likeness (QED) is 0.479. The first kappa shape index (κ1) is 23.1. The van der Waals surface area contributed by atoms with Gasteiger partial charge in [-0.1, -0.05) is 36.4 Å². The van der Waals surface area contributed by atoms with E-state index in [4.69, 9.17) is 4.74 Å². The monoisotopic (exact) mass is 423 g/mol. The Balaban J connectivity index is 1.51. The van der Waals surface area contributed by atoms with E-state index in [1.807, 2.05) is 19.2 Å². The van der Waals surface area contributed by atoms with E-state index >= 15 is 0 Å². The summed E-state index contributed by atoms with van der Waals surface area (Å²) in [4.78, 5) is 9.13. The Morgan fingerprint density at radius 2 is 1.77 bits per heavy atom. The molecule has 3 rings (SSSR count). The van der Waals surface area contributed by atoms with Gasteiger partial charge in [0.2, 0.25) is 0 Å². The van der Waals surface area contributed by atoms with Gasteiger partial charge in [-0.3, -0.25) is 9.89 Å². The van der Waals surface area contributed by atoms with Crippen molar-refractivity contribution in [3.63, 3.8) is 0 Å². The standard InChI is InChI=1S/C25H37N5O/c1-26-25(28-18-24(29(2)3)22-8-7-9-23(16-22)31-4)27-17-20-10-12-21(13-11-20)19-30-14-5-6-15-30/h7-13,16,24H,5-6,14-15,17-19H2,1-4H3,(H2,26,27,28). The van der Waals surface area contributed by atoms with Crippen molar-refractivity contribution < 1.29 is 4.74 Å². The summed E-state index contributed by atoms with van der Waals surface area (Å²) in [6.07, 6.45) is 2.67. The molecule has 168 valence electrons. The number of ether oxygens (including phenoxy) is 1. The molecule has 1 saturated heterocycles. The molecular formula is C25H37N5O. The van der Waals surface area contributed by atoms with E-state index in [0.717, 1.165) is 31.3 Å². The van der Waals surface area contributed by atoms with Crippen LogP contribution in [-0.2, 0) is 13.1 Å². The lowest BCUT2D eigenvalue weighted by atomic mass is 10.1. The number of likely N-dealkylation sites (tertiary alicyclic amines) is 1. The first-order valence-electron chi connectivity index (χ1n) is 11.1. The minimum atomic E-state index is 0.207. The maximum atomic E-state index is 5.39. The molecule has 6 nitrogen and oxygen atoms in total. The van der Waals surface area contributed by atoms with Crippen LogP contribution in [0.3, 0.4) is 0 Å². The summed E-state index contributed by atoms with van der Waals surface area (Å²) < 4.78 is 5.39. The topological polar surface area (TPSA) is 52.1 Å². The van der Waals surface area contributed by atoms with Crippen molar-refractivity contribution >= 4 is 5.96 Å². The van der Waals surface area contributed by atoms with E-state index in [-0.39, 0.29) is 6.04 Å². The highest BCUT2D eigenvalue weighted by Crippen LogP contribution is 2.22. The van der Waals surface area contributed by atoms with Gasteiger partial charge in [-0.15, -0.1) is 0 Å². The fourth-order valence-corrected chi connectivity index (χ4v) is 4.01. The molecule has 1 unspecified atom stereocenters.